The van der Waals surface area contributed by atoms with Crippen molar-refractivity contribution in [1.82, 2.24) is 15.5 Å². The van der Waals surface area contributed by atoms with Crippen molar-refractivity contribution in [1.29, 1.82) is 0 Å². The Labute approximate surface area is 167 Å². The Morgan fingerprint density at radius 1 is 1.25 bits per heavy atom. The van der Waals surface area contributed by atoms with E-state index in [0.29, 0.717) is 25.6 Å². The lowest BCUT2D eigenvalue weighted by atomic mass is 9.85. The van der Waals surface area contributed by atoms with Crippen LogP contribution in [0.5, 0.6) is 0 Å². The van der Waals surface area contributed by atoms with Crippen molar-refractivity contribution in [3.8, 4) is 0 Å². The van der Waals surface area contributed by atoms with E-state index in [4.69, 9.17) is 9.73 Å². The summed E-state index contributed by atoms with van der Waals surface area (Å²) in [6, 6.07) is 6.30. The molecule has 1 aliphatic carbocycles. The Balaban J connectivity index is 2.06. The first kappa shape index (κ1) is 22.1. The summed E-state index contributed by atoms with van der Waals surface area (Å²) in [5, 5.41) is 6.52. The number of guanidine groups is 1. The van der Waals surface area contributed by atoms with Crippen molar-refractivity contribution >= 4 is 11.9 Å². The Morgan fingerprint density at radius 3 is 2.43 bits per heavy atom. The summed E-state index contributed by atoms with van der Waals surface area (Å²) in [5.41, 5.74) is 0.492. The number of nitrogens with one attached hydrogen (secondary N) is 2. The van der Waals surface area contributed by atoms with Crippen LogP contribution in [0.4, 0.5) is 4.39 Å². The Morgan fingerprint density at radius 2 is 1.89 bits per heavy atom. The van der Waals surface area contributed by atoms with Crippen molar-refractivity contribution < 1.29 is 13.9 Å². The number of carbonyl (C=O) groups is 1. The fraction of sp³-hybridized carbons (Fsp3) is 0.619. The summed E-state index contributed by atoms with van der Waals surface area (Å²) in [5.74, 6) is 0.545. The molecule has 1 unspecified atom stereocenters. The molecular formula is C21H33FN4O2. The predicted molar refractivity (Wildman–Crippen MR) is 110 cm³/mol. The number of amides is 1. The van der Waals surface area contributed by atoms with Gasteiger partial charge in [-0.1, -0.05) is 25.0 Å². The zero-order valence-electron chi connectivity index (χ0n) is 17.4. The molecule has 28 heavy (non-hydrogen) atoms. The summed E-state index contributed by atoms with van der Waals surface area (Å²) in [7, 11) is 5.24. The van der Waals surface area contributed by atoms with Gasteiger partial charge in [0.05, 0.1) is 18.1 Å². The predicted octanol–water partition coefficient (Wildman–Crippen LogP) is 2.72. The van der Waals surface area contributed by atoms with Gasteiger partial charge < -0.3 is 20.3 Å². The monoisotopic (exact) mass is 392 g/mol. The second-order valence-electron chi connectivity index (χ2n) is 7.54. The van der Waals surface area contributed by atoms with Crippen molar-refractivity contribution in [3.05, 3.63) is 35.6 Å². The molecule has 1 saturated carbocycles. The number of carbonyl (C=O) groups excluding carboxylic acids is 1. The van der Waals surface area contributed by atoms with E-state index in [2.05, 4.69) is 10.6 Å². The normalized spacial score (nSPS) is 17.2. The molecule has 0 aromatic heterocycles. The van der Waals surface area contributed by atoms with Gasteiger partial charge in [-0.2, -0.15) is 0 Å². The molecule has 1 aromatic carbocycles. The van der Waals surface area contributed by atoms with E-state index in [-0.39, 0.29) is 17.8 Å². The maximum Gasteiger partial charge on any atom is 0.230 e. The van der Waals surface area contributed by atoms with E-state index in [9.17, 15) is 9.18 Å². The minimum absolute atomic E-state index is 0.158. The van der Waals surface area contributed by atoms with Gasteiger partial charge in [0.15, 0.2) is 5.96 Å². The highest BCUT2D eigenvalue weighted by Gasteiger charge is 2.42. The summed E-state index contributed by atoms with van der Waals surface area (Å²) in [6.07, 6.45) is 3.66. The van der Waals surface area contributed by atoms with Crippen LogP contribution in [0, 0.1) is 11.2 Å². The molecule has 0 bridgehead atoms. The number of ether oxygens (including phenoxy) is 1. The largest absolute Gasteiger partial charge is 0.375 e. The van der Waals surface area contributed by atoms with Gasteiger partial charge in [0.2, 0.25) is 5.91 Å². The fourth-order valence-electron chi connectivity index (χ4n) is 3.74. The topological polar surface area (TPSA) is 66.0 Å². The van der Waals surface area contributed by atoms with Crippen LogP contribution in [0.15, 0.2) is 29.3 Å². The number of aliphatic imine (C=N–C) groups is 1. The zero-order chi connectivity index (χ0) is 20.6. The molecule has 2 rings (SSSR count). The van der Waals surface area contributed by atoms with Crippen molar-refractivity contribution in [2.75, 3.05) is 40.8 Å². The first-order valence-corrected chi connectivity index (χ1v) is 9.94. The fourth-order valence-corrected chi connectivity index (χ4v) is 3.74. The molecule has 6 nitrogen and oxygen atoms in total. The van der Waals surface area contributed by atoms with E-state index in [1.807, 2.05) is 6.92 Å². The summed E-state index contributed by atoms with van der Waals surface area (Å²) in [4.78, 5) is 19.1. The third-order valence-corrected chi connectivity index (χ3v) is 5.29. The number of benzene rings is 1. The summed E-state index contributed by atoms with van der Waals surface area (Å²) < 4.78 is 18.7. The number of halogens is 1. The van der Waals surface area contributed by atoms with E-state index in [1.54, 1.807) is 38.2 Å². The lowest BCUT2D eigenvalue weighted by Crippen LogP contribution is -2.43. The van der Waals surface area contributed by atoms with Gasteiger partial charge in [-0.3, -0.25) is 9.79 Å². The van der Waals surface area contributed by atoms with Crippen molar-refractivity contribution in [2.24, 2.45) is 10.4 Å². The third kappa shape index (κ3) is 5.67. The molecular weight excluding hydrogens is 359 g/mol. The highest BCUT2D eigenvalue weighted by atomic mass is 19.1. The summed E-state index contributed by atoms with van der Waals surface area (Å²) in [6.45, 7) is 3.67. The molecule has 0 heterocycles. The van der Waals surface area contributed by atoms with E-state index in [0.717, 1.165) is 31.2 Å². The van der Waals surface area contributed by atoms with E-state index >= 15 is 0 Å². The van der Waals surface area contributed by atoms with Gasteiger partial charge >= 0.3 is 0 Å². The van der Waals surface area contributed by atoms with Crippen LogP contribution in [-0.4, -0.2) is 57.6 Å². The first-order chi connectivity index (χ1) is 13.4. The Bertz CT molecular complexity index is 655. The van der Waals surface area contributed by atoms with Gasteiger partial charge in [-0.25, -0.2) is 4.39 Å². The smallest absolute Gasteiger partial charge is 0.230 e. The molecule has 1 fully saturated rings. The number of methoxy groups -OCH3 is 1. The average molecular weight is 393 g/mol. The Hall–Kier alpha value is -2.15. The van der Waals surface area contributed by atoms with Crippen molar-refractivity contribution in [3.63, 3.8) is 0 Å². The molecule has 0 saturated heterocycles. The van der Waals surface area contributed by atoms with Crippen LogP contribution in [0.25, 0.3) is 0 Å². The SMILES string of the molecule is CCNC(=NCC1(C(=O)N(C)C)CCCC1)NCC(OC)c1ccc(F)cc1. The zero-order valence-corrected chi connectivity index (χ0v) is 17.4. The quantitative estimate of drug-likeness (QED) is 0.527. The standard InChI is InChI=1S/C21H33FN4O2/c1-5-23-20(24-14-18(28-4)16-8-10-17(22)11-9-16)25-15-21(12-6-7-13-21)19(27)26(2)3/h8-11,18H,5-7,12-15H2,1-4H3,(H2,23,24,25). The lowest BCUT2D eigenvalue weighted by molar-refractivity contribution is -0.138. The van der Waals surface area contributed by atoms with Gasteiger partial charge in [0.1, 0.15) is 5.82 Å². The van der Waals surface area contributed by atoms with Crippen LogP contribution in [0.2, 0.25) is 0 Å². The molecule has 0 aliphatic heterocycles. The molecule has 1 aliphatic rings. The van der Waals surface area contributed by atoms with Crippen LogP contribution < -0.4 is 10.6 Å². The summed E-state index contributed by atoms with van der Waals surface area (Å²) >= 11 is 0. The van der Waals surface area contributed by atoms with Crippen LogP contribution in [-0.2, 0) is 9.53 Å². The molecule has 1 atom stereocenters. The van der Waals surface area contributed by atoms with Gasteiger partial charge in [-0.15, -0.1) is 0 Å². The number of hydrogen-bond donors (Lipinski definition) is 2. The van der Waals surface area contributed by atoms with Gasteiger partial charge in [0.25, 0.3) is 0 Å². The first-order valence-electron chi connectivity index (χ1n) is 9.94. The molecule has 0 spiro atoms. The molecule has 1 amide bonds. The molecule has 2 N–H and O–H groups in total. The lowest BCUT2D eigenvalue weighted by Gasteiger charge is -2.29. The highest BCUT2D eigenvalue weighted by molar-refractivity contribution is 5.84. The van der Waals surface area contributed by atoms with Crippen LogP contribution in [0.1, 0.15) is 44.3 Å². The van der Waals surface area contributed by atoms with Crippen LogP contribution >= 0.6 is 0 Å². The second kappa shape index (κ2) is 10.4. The molecule has 0 radical (unpaired) electrons. The molecule has 1 aromatic rings. The van der Waals surface area contributed by atoms with Gasteiger partial charge in [-0.05, 0) is 37.5 Å². The molecule has 156 valence electrons. The van der Waals surface area contributed by atoms with E-state index in [1.165, 1.54) is 12.1 Å². The maximum atomic E-state index is 13.2. The van der Waals surface area contributed by atoms with Crippen LogP contribution in [0.3, 0.4) is 0 Å². The Kier molecular flexibility index (Phi) is 8.23. The van der Waals surface area contributed by atoms with E-state index < -0.39 is 5.41 Å². The third-order valence-electron chi connectivity index (χ3n) is 5.29. The number of hydrogen-bond acceptors (Lipinski definition) is 3. The number of nitrogens with zero attached hydrogens (tertiary/aromatic N) is 2. The minimum atomic E-state index is -0.399. The maximum absolute atomic E-state index is 13.2. The second-order valence-corrected chi connectivity index (χ2v) is 7.54. The minimum Gasteiger partial charge on any atom is -0.375 e. The van der Waals surface area contributed by atoms with Gasteiger partial charge in [0, 0.05) is 34.3 Å². The van der Waals surface area contributed by atoms with Crippen molar-refractivity contribution in [2.45, 2.75) is 38.7 Å². The average Bonchev–Trinajstić information content (AvgIpc) is 3.17. The molecule has 7 heteroatoms. The number of rotatable bonds is 8. The highest BCUT2D eigenvalue weighted by Crippen LogP contribution is 2.39.